The second-order valence-electron chi connectivity index (χ2n) is 3.81. The van der Waals surface area contributed by atoms with E-state index in [4.69, 9.17) is 10.5 Å². The number of hydrogen-bond acceptors (Lipinski definition) is 7. The van der Waals surface area contributed by atoms with Gasteiger partial charge in [0.2, 0.25) is 0 Å². The monoisotopic (exact) mass is 273 g/mol. The molecule has 0 saturated carbocycles. The van der Waals surface area contributed by atoms with Crippen molar-refractivity contribution in [1.29, 1.82) is 0 Å². The number of carbonyl (C=O) groups is 4. The Hall–Kier alpha value is -1.76. The fourth-order valence-corrected chi connectivity index (χ4v) is 1.10. The first-order valence-electron chi connectivity index (χ1n) is 6.10. The van der Waals surface area contributed by atoms with Crippen LogP contribution in [0.2, 0.25) is 0 Å². The lowest BCUT2D eigenvalue weighted by molar-refractivity contribution is -0.161. The summed E-state index contributed by atoms with van der Waals surface area (Å²) in [4.78, 5) is 44.1. The molecule has 0 atom stereocenters. The minimum absolute atomic E-state index is 0.0475. The molecular weight excluding hydrogens is 254 g/mol. The highest BCUT2D eigenvalue weighted by Crippen LogP contribution is 1.98. The fourth-order valence-electron chi connectivity index (χ4n) is 1.10. The van der Waals surface area contributed by atoms with Crippen molar-refractivity contribution in [3.05, 3.63) is 0 Å². The average Bonchev–Trinajstić information content (AvgIpc) is 2.36. The number of ketones is 1. The zero-order chi connectivity index (χ0) is 14.7. The molecule has 2 N–H and O–H groups in total. The van der Waals surface area contributed by atoms with Crippen LogP contribution in [0.15, 0.2) is 0 Å². The fraction of sp³-hybridized carbons (Fsp3) is 0.667. The van der Waals surface area contributed by atoms with Crippen molar-refractivity contribution >= 4 is 23.7 Å². The number of rotatable bonds is 9. The molecule has 0 bridgehead atoms. The lowest BCUT2D eigenvalue weighted by Gasteiger charge is -2.04. The van der Waals surface area contributed by atoms with E-state index >= 15 is 0 Å². The number of carbonyl (C=O) groups excluding carboxylic acids is 4. The van der Waals surface area contributed by atoms with Gasteiger partial charge in [0, 0.05) is 12.8 Å². The molecule has 0 aromatic carbocycles. The predicted octanol–water partition coefficient (Wildman–Crippen LogP) is 0.0976. The standard InChI is InChI=1S/C12H19NO6/c1-2-3-10(15)18-7-6-12(17)19-11(16)5-4-9(14)8-13/h2-8,13H2,1H3. The van der Waals surface area contributed by atoms with Gasteiger partial charge in [-0.3, -0.25) is 19.2 Å². The highest BCUT2D eigenvalue weighted by atomic mass is 16.6. The van der Waals surface area contributed by atoms with Crippen LogP contribution in [0.3, 0.4) is 0 Å². The maximum atomic E-state index is 11.2. The van der Waals surface area contributed by atoms with Gasteiger partial charge in [0.25, 0.3) is 0 Å². The third kappa shape index (κ3) is 9.90. The van der Waals surface area contributed by atoms with Crippen molar-refractivity contribution < 1.29 is 28.7 Å². The van der Waals surface area contributed by atoms with Crippen LogP contribution in [0.1, 0.15) is 39.0 Å². The molecule has 0 aromatic rings. The summed E-state index contributed by atoms with van der Waals surface area (Å²) in [5, 5.41) is 0. The Morgan fingerprint density at radius 1 is 0.895 bits per heavy atom. The van der Waals surface area contributed by atoms with Crippen molar-refractivity contribution in [3.63, 3.8) is 0 Å². The largest absolute Gasteiger partial charge is 0.465 e. The van der Waals surface area contributed by atoms with Crippen LogP contribution in [-0.4, -0.2) is 36.8 Å². The normalized spacial score (nSPS) is 9.79. The molecule has 19 heavy (non-hydrogen) atoms. The minimum Gasteiger partial charge on any atom is -0.465 e. The topological polar surface area (TPSA) is 113 Å². The molecule has 7 nitrogen and oxygen atoms in total. The first-order chi connectivity index (χ1) is 8.99. The summed E-state index contributed by atoms with van der Waals surface area (Å²) in [5.41, 5.74) is 5.06. The van der Waals surface area contributed by atoms with Crippen molar-refractivity contribution in [2.75, 3.05) is 13.2 Å². The van der Waals surface area contributed by atoms with E-state index in [0.29, 0.717) is 6.42 Å². The Labute approximate surface area is 111 Å². The summed E-state index contributed by atoms with van der Waals surface area (Å²) in [6.07, 6.45) is 0.531. The van der Waals surface area contributed by atoms with E-state index < -0.39 is 17.9 Å². The number of esters is 3. The summed E-state index contributed by atoms with van der Waals surface area (Å²) in [6.45, 7) is 1.57. The van der Waals surface area contributed by atoms with Crippen LogP contribution in [0.5, 0.6) is 0 Å². The van der Waals surface area contributed by atoms with E-state index in [-0.39, 0.29) is 44.6 Å². The van der Waals surface area contributed by atoms with Crippen LogP contribution in [-0.2, 0) is 28.7 Å². The van der Waals surface area contributed by atoms with Crippen molar-refractivity contribution in [2.45, 2.75) is 39.0 Å². The molecule has 0 radical (unpaired) electrons. The lowest BCUT2D eigenvalue weighted by Crippen LogP contribution is -2.18. The second kappa shape index (κ2) is 10.2. The van der Waals surface area contributed by atoms with Gasteiger partial charge in [0.05, 0.1) is 19.4 Å². The summed E-state index contributed by atoms with van der Waals surface area (Å²) >= 11 is 0. The van der Waals surface area contributed by atoms with Crippen LogP contribution in [0, 0.1) is 0 Å². The van der Waals surface area contributed by atoms with E-state index in [0.717, 1.165) is 0 Å². The zero-order valence-corrected chi connectivity index (χ0v) is 11.0. The molecule has 0 spiro atoms. The molecule has 0 fully saturated rings. The van der Waals surface area contributed by atoms with Crippen LogP contribution in [0.4, 0.5) is 0 Å². The highest BCUT2D eigenvalue weighted by molar-refractivity contribution is 5.89. The smallest absolute Gasteiger partial charge is 0.316 e. The quantitative estimate of drug-likeness (QED) is 0.468. The van der Waals surface area contributed by atoms with Gasteiger partial charge in [0.1, 0.15) is 12.4 Å². The Bertz CT molecular complexity index is 339. The number of ether oxygens (including phenoxy) is 2. The third-order valence-corrected chi connectivity index (χ3v) is 2.09. The van der Waals surface area contributed by atoms with Gasteiger partial charge in [-0.1, -0.05) is 6.92 Å². The van der Waals surface area contributed by atoms with Gasteiger partial charge in [-0.25, -0.2) is 0 Å². The SMILES string of the molecule is CCCC(=O)OCCC(=O)OC(=O)CCC(=O)CN. The number of Topliss-reactive ketones (excluding diaryl/α,β-unsaturated/α-hetero) is 1. The molecule has 0 rings (SSSR count). The van der Waals surface area contributed by atoms with E-state index in [1.165, 1.54) is 0 Å². The zero-order valence-electron chi connectivity index (χ0n) is 11.0. The average molecular weight is 273 g/mol. The van der Waals surface area contributed by atoms with Gasteiger partial charge < -0.3 is 15.2 Å². The lowest BCUT2D eigenvalue weighted by atomic mass is 10.2. The third-order valence-electron chi connectivity index (χ3n) is 2.09. The summed E-state index contributed by atoms with van der Waals surface area (Å²) in [7, 11) is 0. The van der Waals surface area contributed by atoms with E-state index in [9.17, 15) is 19.2 Å². The first-order valence-corrected chi connectivity index (χ1v) is 6.10. The Morgan fingerprint density at radius 3 is 2.11 bits per heavy atom. The maximum Gasteiger partial charge on any atom is 0.316 e. The molecule has 108 valence electrons. The van der Waals surface area contributed by atoms with Crippen molar-refractivity contribution in [3.8, 4) is 0 Å². The predicted molar refractivity (Wildman–Crippen MR) is 64.9 cm³/mol. The molecule has 0 aliphatic carbocycles. The molecule has 0 aliphatic heterocycles. The van der Waals surface area contributed by atoms with E-state index in [1.807, 2.05) is 6.92 Å². The summed E-state index contributed by atoms with van der Waals surface area (Å²) < 4.78 is 9.15. The van der Waals surface area contributed by atoms with Crippen molar-refractivity contribution in [2.24, 2.45) is 5.73 Å². The summed E-state index contributed by atoms with van der Waals surface area (Å²) in [6, 6.07) is 0. The van der Waals surface area contributed by atoms with Gasteiger partial charge in [-0.05, 0) is 6.42 Å². The van der Waals surface area contributed by atoms with Crippen LogP contribution < -0.4 is 5.73 Å². The highest BCUT2D eigenvalue weighted by Gasteiger charge is 2.12. The van der Waals surface area contributed by atoms with Gasteiger partial charge >= 0.3 is 17.9 Å². The summed E-state index contributed by atoms with van der Waals surface area (Å²) in [5.74, 6) is -2.24. The number of nitrogens with two attached hydrogens (primary N) is 1. The van der Waals surface area contributed by atoms with E-state index in [1.54, 1.807) is 0 Å². The van der Waals surface area contributed by atoms with Gasteiger partial charge in [0.15, 0.2) is 0 Å². The second-order valence-corrected chi connectivity index (χ2v) is 3.81. The van der Waals surface area contributed by atoms with E-state index in [2.05, 4.69) is 4.74 Å². The minimum atomic E-state index is -0.785. The molecule has 0 aliphatic rings. The molecule has 0 saturated heterocycles. The van der Waals surface area contributed by atoms with Crippen molar-refractivity contribution in [1.82, 2.24) is 0 Å². The number of hydrogen-bond donors (Lipinski definition) is 1. The molecule has 7 heteroatoms. The van der Waals surface area contributed by atoms with Gasteiger partial charge in [-0.15, -0.1) is 0 Å². The maximum absolute atomic E-state index is 11.2. The van der Waals surface area contributed by atoms with Crippen LogP contribution >= 0.6 is 0 Å². The molecular formula is C12H19NO6. The molecule has 0 aromatic heterocycles. The molecule has 0 heterocycles. The Kier molecular flexibility index (Phi) is 9.25. The Balaban J connectivity index is 3.71. The van der Waals surface area contributed by atoms with Gasteiger partial charge in [-0.2, -0.15) is 0 Å². The molecule has 0 amide bonds. The molecule has 0 unspecified atom stereocenters. The Morgan fingerprint density at radius 2 is 1.53 bits per heavy atom. The van der Waals surface area contributed by atoms with Crippen LogP contribution in [0.25, 0.3) is 0 Å². The first kappa shape index (κ1) is 17.2.